The number of aliphatic hydroxyl groups excluding tert-OH is 1. The Morgan fingerprint density at radius 3 is 2.60 bits per heavy atom. The van der Waals surface area contributed by atoms with Crippen molar-refractivity contribution in [2.75, 3.05) is 24.6 Å². The first-order valence-corrected chi connectivity index (χ1v) is 6.16. The fourth-order valence-electron chi connectivity index (χ4n) is 2.21. The van der Waals surface area contributed by atoms with Crippen LogP contribution in [0.2, 0.25) is 0 Å². The van der Waals surface area contributed by atoms with Gasteiger partial charge in [0.2, 0.25) is 0 Å². The van der Waals surface area contributed by atoms with E-state index < -0.39 is 23.6 Å². The molecule has 1 fully saturated rings. The van der Waals surface area contributed by atoms with Gasteiger partial charge in [0.05, 0.1) is 18.3 Å². The predicted molar refractivity (Wildman–Crippen MR) is 65.3 cm³/mol. The fraction of sp³-hybridized carbons (Fsp3) is 0.667. The number of hydrogen-bond donors (Lipinski definition) is 1. The number of rotatable bonds is 2. The quantitative estimate of drug-likeness (QED) is 0.894. The van der Waals surface area contributed by atoms with Gasteiger partial charge in [-0.3, -0.25) is 0 Å². The van der Waals surface area contributed by atoms with Gasteiger partial charge in [0.1, 0.15) is 0 Å². The van der Waals surface area contributed by atoms with E-state index in [1.165, 1.54) is 6.07 Å². The Balaban J connectivity index is 2.18. The first-order valence-electron chi connectivity index (χ1n) is 6.16. The number of ether oxygens (including phenoxy) is 1. The Morgan fingerprint density at radius 1 is 1.40 bits per heavy atom. The van der Waals surface area contributed by atoms with Crippen molar-refractivity contribution in [1.29, 1.82) is 0 Å². The maximum Gasteiger partial charge on any atom is 0.435 e. The third kappa shape index (κ3) is 3.37. The molecule has 0 radical (unpaired) electrons. The minimum Gasteiger partial charge on any atom is -0.394 e. The predicted octanol–water partition coefficient (Wildman–Crippen LogP) is 1.47. The summed E-state index contributed by atoms with van der Waals surface area (Å²) < 4.78 is 42.9. The zero-order chi connectivity index (χ0) is 15.0. The van der Waals surface area contributed by atoms with E-state index in [4.69, 9.17) is 4.74 Å². The van der Waals surface area contributed by atoms with Crippen LogP contribution in [0.3, 0.4) is 0 Å². The second-order valence-electron chi connectivity index (χ2n) is 5.34. The Bertz CT molecular complexity index is 462. The molecule has 0 aromatic carbocycles. The monoisotopic (exact) mass is 291 g/mol. The first-order chi connectivity index (χ1) is 9.21. The molecule has 1 aliphatic heterocycles. The van der Waals surface area contributed by atoms with Gasteiger partial charge in [-0.2, -0.15) is 13.2 Å². The second-order valence-corrected chi connectivity index (χ2v) is 5.34. The van der Waals surface area contributed by atoms with Crippen molar-refractivity contribution in [2.45, 2.75) is 31.7 Å². The highest BCUT2D eigenvalue weighted by Gasteiger charge is 2.35. The number of morpholine rings is 1. The standard InChI is InChI=1S/C12H16F3N3O2/c1-11(2)7-18(5-8(6-19)20-11)10-4-3-9(16-17-10)12(13,14)15/h3-4,8,19H,5-7H2,1-2H3. The number of anilines is 1. The highest BCUT2D eigenvalue weighted by molar-refractivity contribution is 5.39. The summed E-state index contributed by atoms with van der Waals surface area (Å²) in [5.74, 6) is 0.341. The van der Waals surface area contributed by atoms with Gasteiger partial charge in [-0.15, -0.1) is 10.2 Å². The molecule has 2 heterocycles. The van der Waals surface area contributed by atoms with Crippen molar-refractivity contribution in [3.05, 3.63) is 17.8 Å². The van der Waals surface area contributed by atoms with Gasteiger partial charge < -0.3 is 14.7 Å². The summed E-state index contributed by atoms with van der Waals surface area (Å²) in [5.41, 5.74) is -1.54. The van der Waals surface area contributed by atoms with Crippen LogP contribution < -0.4 is 4.90 Å². The molecular formula is C12H16F3N3O2. The number of alkyl halides is 3. The van der Waals surface area contributed by atoms with E-state index in [0.717, 1.165) is 6.07 Å². The number of hydrogen-bond acceptors (Lipinski definition) is 5. The Kier molecular flexibility index (Phi) is 3.88. The summed E-state index contributed by atoms with van der Waals surface area (Å²) in [6.45, 7) is 4.36. The molecule has 2 rings (SSSR count). The van der Waals surface area contributed by atoms with Crippen LogP contribution in [0.5, 0.6) is 0 Å². The lowest BCUT2D eigenvalue weighted by Gasteiger charge is -2.42. The minimum atomic E-state index is -4.50. The van der Waals surface area contributed by atoms with Gasteiger partial charge >= 0.3 is 6.18 Å². The van der Waals surface area contributed by atoms with Gasteiger partial charge in [-0.05, 0) is 26.0 Å². The van der Waals surface area contributed by atoms with Crippen molar-refractivity contribution >= 4 is 5.82 Å². The largest absolute Gasteiger partial charge is 0.435 e. The third-order valence-corrected chi connectivity index (χ3v) is 2.95. The Labute approximate surface area is 114 Å². The van der Waals surface area contributed by atoms with Gasteiger partial charge in [0.25, 0.3) is 0 Å². The zero-order valence-electron chi connectivity index (χ0n) is 11.2. The van der Waals surface area contributed by atoms with Crippen LogP contribution in [0.25, 0.3) is 0 Å². The lowest BCUT2D eigenvalue weighted by atomic mass is 10.1. The van der Waals surface area contributed by atoms with Crippen molar-refractivity contribution < 1.29 is 23.0 Å². The third-order valence-electron chi connectivity index (χ3n) is 2.95. The average molecular weight is 291 g/mol. The summed E-state index contributed by atoms with van der Waals surface area (Å²) in [7, 11) is 0. The van der Waals surface area contributed by atoms with Crippen LogP contribution >= 0.6 is 0 Å². The maximum atomic E-state index is 12.4. The van der Waals surface area contributed by atoms with E-state index >= 15 is 0 Å². The van der Waals surface area contributed by atoms with E-state index in [2.05, 4.69) is 10.2 Å². The summed E-state index contributed by atoms with van der Waals surface area (Å²) in [6.07, 6.45) is -4.90. The second kappa shape index (κ2) is 5.17. The van der Waals surface area contributed by atoms with Crippen LogP contribution in [0.4, 0.5) is 19.0 Å². The fourth-order valence-corrected chi connectivity index (χ4v) is 2.21. The molecule has 8 heteroatoms. The van der Waals surface area contributed by atoms with E-state index in [1.807, 2.05) is 13.8 Å². The van der Waals surface area contributed by atoms with E-state index in [0.29, 0.717) is 18.9 Å². The van der Waals surface area contributed by atoms with Crippen molar-refractivity contribution in [3.8, 4) is 0 Å². The molecule has 0 aliphatic carbocycles. The molecule has 1 atom stereocenters. The minimum absolute atomic E-state index is 0.159. The van der Waals surface area contributed by atoms with E-state index in [-0.39, 0.29) is 6.61 Å². The highest BCUT2D eigenvalue weighted by atomic mass is 19.4. The molecule has 112 valence electrons. The Hall–Kier alpha value is -1.41. The molecular weight excluding hydrogens is 275 g/mol. The summed E-state index contributed by atoms with van der Waals surface area (Å²) in [5, 5.41) is 16.0. The van der Waals surface area contributed by atoms with Crippen LogP contribution in [-0.4, -0.2) is 46.7 Å². The Morgan fingerprint density at radius 2 is 2.10 bits per heavy atom. The van der Waals surface area contributed by atoms with Gasteiger partial charge in [0, 0.05) is 13.1 Å². The smallest absolute Gasteiger partial charge is 0.394 e. The maximum absolute atomic E-state index is 12.4. The molecule has 5 nitrogen and oxygen atoms in total. The molecule has 1 aliphatic rings. The lowest BCUT2D eigenvalue weighted by Crippen LogP contribution is -2.54. The molecule has 20 heavy (non-hydrogen) atoms. The molecule has 1 N–H and O–H groups in total. The number of halogens is 3. The molecule has 1 saturated heterocycles. The molecule has 1 aromatic rings. The summed E-state index contributed by atoms with van der Waals surface area (Å²) in [6, 6.07) is 2.18. The van der Waals surface area contributed by atoms with Gasteiger partial charge in [-0.25, -0.2) is 0 Å². The molecule has 0 saturated carbocycles. The zero-order valence-corrected chi connectivity index (χ0v) is 11.2. The van der Waals surface area contributed by atoms with Gasteiger partial charge in [-0.1, -0.05) is 0 Å². The molecule has 1 unspecified atom stereocenters. The van der Waals surface area contributed by atoms with E-state index in [9.17, 15) is 18.3 Å². The summed E-state index contributed by atoms with van der Waals surface area (Å²) >= 11 is 0. The summed E-state index contributed by atoms with van der Waals surface area (Å²) in [4.78, 5) is 1.76. The molecule has 0 amide bonds. The molecule has 0 spiro atoms. The highest BCUT2D eigenvalue weighted by Crippen LogP contribution is 2.29. The van der Waals surface area contributed by atoms with Crippen LogP contribution in [0, 0.1) is 0 Å². The number of aromatic nitrogens is 2. The van der Waals surface area contributed by atoms with Crippen molar-refractivity contribution in [2.24, 2.45) is 0 Å². The van der Waals surface area contributed by atoms with E-state index in [1.54, 1.807) is 4.90 Å². The molecule has 1 aromatic heterocycles. The van der Waals surface area contributed by atoms with Crippen molar-refractivity contribution in [3.63, 3.8) is 0 Å². The van der Waals surface area contributed by atoms with Gasteiger partial charge in [0.15, 0.2) is 11.5 Å². The number of aliphatic hydroxyl groups is 1. The van der Waals surface area contributed by atoms with Crippen LogP contribution in [-0.2, 0) is 10.9 Å². The van der Waals surface area contributed by atoms with Crippen molar-refractivity contribution in [1.82, 2.24) is 10.2 Å². The van der Waals surface area contributed by atoms with Crippen LogP contribution in [0.1, 0.15) is 19.5 Å². The average Bonchev–Trinajstić information content (AvgIpc) is 2.36. The number of nitrogens with zero attached hydrogens (tertiary/aromatic N) is 3. The lowest BCUT2D eigenvalue weighted by molar-refractivity contribution is -0.141. The topological polar surface area (TPSA) is 58.5 Å². The SMILES string of the molecule is CC1(C)CN(c2ccc(C(F)(F)F)nn2)CC(CO)O1. The normalized spacial score (nSPS) is 22.9. The van der Waals surface area contributed by atoms with Crippen LogP contribution in [0.15, 0.2) is 12.1 Å². The molecule has 0 bridgehead atoms. The first kappa shape index (κ1) is 15.0.